The van der Waals surface area contributed by atoms with Gasteiger partial charge in [0, 0.05) is 0 Å². The van der Waals surface area contributed by atoms with Crippen molar-refractivity contribution < 1.29 is 0 Å². The normalized spacial score (nSPS) is 10.9. The van der Waals surface area contributed by atoms with Gasteiger partial charge in [-0.3, -0.25) is 0 Å². The summed E-state index contributed by atoms with van der Waals surface area (Å²) in [6, 6.07) is 8.69. The first-order valence-corrected chi connectivity index (χ1v) is 5.97. The fourth-order valence-electron chi connectivity index (χ4n) is 1.92. The second-order valence-corrected chi connectivity index (χ2v) is 4.33. The molecule has 0 aliphatic heterocycles. The molecule has 0 aliphatic rings. The number of aryl methyl sites for hydroxylation is 2. The van der Waals surface area contributed by atoms with Gasteiger partial charge in [-0.15, -0.1) is 0 Å². The molecule has 1 aromatic carbocycles. The Morgan fingerprint density at radius 1 is 1.13 bits per heavy atom. The van der Waals surface area contributed by atoms with E-state index in [9.17, 15) is 0 Å². The quantitative estimate of drug-likeness (QED) is 0.689. The molecule has 84 valence electrons. The molecular formula is C14H23N. The Labute approximate surface area is 94.1 Å². The SMILES string of the molecule is CCCN(C)CCCc1ccccc1C. The van der Waals surface area contributed by atoms with E-state index >= 15 is 0 Å². The topological polar surface area (TPSA) is 3.24 Å². The average molecular weight is 205 g/mol. The standard InChI is InChI=1S/C14H23N/c1-4-11-15(3)12-7-10-14-9-6-5-8-13(14)2/h5-6,8-9H,4,7,10-12H2,1-3H3. The highest BCUT2D eigenvalue weighted by molar-refractivity contribution is 5.25. The highest BCUT2D eigenvalue weighted by atomic mass is 15.1. The average Bonchev–Trinajstić information content (AvgIpc) is 2.21. The maximum Gasteiger partial charge on any atom is -0.00186 e. The minimum atomic E-state index is 1.21. The molecule has 0 saturated heterocycles. The van der Waals surface area contributed by atoms with Crippen molar-refractivity contribution in [2.45, 2.75) is 33.1 Å². The summed E-state index contributed by atoms with van der Waals surface area (Å²) in [5.41, 5.74) is 2.93. The third kappa shape index (κ3) is 4.48. The van der Waals surface area contributed by atoms with Crippen LogP contribution in [0.25, 0.3) is 0 Å². The van der Waals surface area contributed by atoms with Crippen molar-refractivity contribution in [1.29, 1.82) is 0 Å². The lowest BCUT2D eigenvalue weighted by molar-refractivity contribution is 0.330. The molecule has 0 N–H and O–H groups in total. The zero-order valence-corrected chi connectivity index (χ0v) is 10.3. The first-order valence-electron chi connectivity index (χ1n) is 5.97. The van der Waals surface area contributed by atoms with Gasteiger partial charge in [0.25, 0.3) is 0 Å². The lowest BCUT2D eigenvalue weighted by Crippen LogP contribution is -2.20. The lowest BCUT2D eigenvalue weighted by Gasteiger charge is -2.15. The molecule has 1 heteroatoms. The van der Waals surface area contributed by atoms with Gasteiger partial charge in [0.2, 0.25) is 0 Å². The summed E-state index contributed by atoms with van der Waals surface area (Å²) < 4.78 is 0. The van der Waals surface area contributed by atoms with Crippen LogP contribution in [0.5, 0.6) is 0 Å². The first kappa shape index (κ1) is 12.3. The largest absolute Gasteiger partial charge is 0.306 e. The Balaban J connectivity index is 2.29. The molecule has 0 atom stereocenters. The summed E-state index contributed by atoms with van der Waals surface area (Å²) in [6.45, 7) is 6.86. The number of rotatable bonds is 6. The maximum absolute atomic E-state index is 2.41. The van der Waals surface area contributed by atoms with E-state index in [1.807, 2.05) is 0 Å². The van der Waals surface area contributed by atoms with Crippen molar-refractivity contribution in [2.24, 2.45) is 0 Å². The van der Waals surface area contributed by atoms with Crippen LogP contribution in [0, 0.1) is 6.92 Å². The van der Waals surface area contributed by atoms with Crippen LogP contribution in [0.2, 0.25) is 0 Å². The van der Waals surface area contributed by atoms with Crippen molar-refractivity contribution >= 4 is 0 Å². The second kappa shape index (κ2) is 6.62. The van der Waals surface area contributed by atoms with Crippen LogP contribution < -0.4 is 0 Å². The monoisotopic (exact) mass is 205 g/mol. The van der Waals surface area contributed by atoms with Crippen LogP contribution in [0.4, 0.5) is 0 Å². The number of hydrogen-bond donors (Lipinski definition) is 0. The van der Waals surface area contributed by atoms with Gasteiger partial charge >= 0.3 is 0 Å². The molecule has 0 bridgehead atoms. The molecule has 0 aliphatic carbocycles. The fraction of sp³-hybridized carbons (Fsp3) is 0.571. The molecule has 1 aromatic rings. The van der Waals surface area contributed by atoms with Gasteiger partial charge in [-0.25, -0.2) is 0 Å². The molecule has 0 radical (unpaired) electrons. The van der Waals surface area contributed by atoms with Crippen molar-refractivity contribution in [2.75, 3.05) is 20.1 Å². The van der Waals surface area contributed by atoms with E-state index in [0.29, 0.717) is 0 Å². The van der Waals surface area contributed by atoms with Gasteiger partial charge in [-0.1, -0.05) is 31.2 Å². The summed E-state index contributed by atoms with van der Waals surface area (Å²) in [6.07, 6.45) is 3.73. The van der Waals surface area contributed by atoms with Crippen LogP contribution in [0.15, 0.2) is 24.3 Å². The van der Waals surface area contributed by atoms with E-state index in [4.69, 9.17) is 0 Å². The summed E-state index contributed by atoms with van der Waals surface area (Å²) in [5.74, 6) is 0. The second-order valence-electron chi connectivity index (χ2n) is 4.33. The summed E-state index contributed by atoms with van der Waals surface area (Å²) in [4.78, 5) is 2.41. The van der Waals surface area contributed by atoms with Crippen LogP contribution in [-0.4, -0.2) is 25.0 Å². The zero-order chi connectivity index (χ0) is 11.1. The van der Waals surface area contributed by atoms with E-state index in [1.54, 1.807) is 0 Å². The maximum atomic E-state index is 2.41. The molecule has 0 unspecified atom stereocenters. The third-order valence-corrected chi connectivity index (χ3v) is 2.85. The van der Waals surface area contributed by atoms with Gasteiger partial charge in [-0.05, 0) is 57.5 Å². The van der Waals surface area contributed by atoms with Crippen molar-refractivity contribution in [3.8, 4) is 0 Å². The highest BCUT2D eigenvalue weighted by Crippen LogP contribution is 2.09. The molecule has 0 spiro atoms. The van der Waals surface area contributed by atoms with Gasteiger partial charge in [0.15, 0.2) is 0 Å². The van der Waals surface area contributed by atoms with Crippen LogP contribution in [0.3, 0.4) is 0 Å². The van der Waals surface area contributed by atoms with Crippen LogP contribution in [0.1, 0.15) is 30.9 Å². The molecule has 0 aromatic heterocycles. The smallest absolute Gasteiger partial charge is 0.00186 e. The minimum absolute atomic E-state index is 1.21. The van der Waals surface area contributed by atoms with Crippen molar-refractivity contribution in [1.82, 2.24) is 4.90 Å². The first-order chi connectivity index (χ1) is 7.24. The summed E-state index contributed by atoms with van der Waals surface area (Å²) >= 11 is 0. The molecule has 0 fully saturated rings. The molecule has 15 heavy (non-hydrogen) atoms. The molecule has 0 heterocycles. The summed E-state index contributed by atoms with van der Waals surface area (Å²) in [5, 5.41) is 0. The molecule has 1 rings (SSSR count). The highest BCUT2D eigenvalue weighted by Gasteiger charge is 1.99. The van der Waals surface area contributed by atoms with Crippen molar-refractivity contribution in [3.05, 3.63) is 35.4 Å². The molecule has 0 amide bonds. The molecular weight excluding hydrogens is 182 g/mol. The Kier molecular flexibility index (Phi) is 5.41. The fourth-order valence-corrected chi connectivity index (χ4v) is 1.92. The van der Waals surface area contributed by atoms with E-state index in [2.05, 4.69) is 50.1 Å². The van der Waals surface area contributed by atoms with Crippen LogP contribution >= 0.6 is 0 Å². The van der Waals surface area contributed by atoms with Gasteiger partial charge < -0.3 is 4.90 Å². The summed E-state index contributed by atoms with van der Waals surface area (Å²) in [7, 11) is 2.21. The number of nitrogens with zero attached hydrogens (tertiary/aromatic N) is 1. The third-order valence-electron chi connectivity index (χ3n) is 2.85. The van der Waals surface area contributed by atoms with E-state index in [1.165, 1.54) is 43.5 Å². The Bertz CT molecular complexity index is 280. The Morgan fingerprint density at radius 3 is 2.53 bits per heavy atom. The molecule has 0 saturated carbocycles. The van der Waals surface area contributed by atoms with Crippen molar-refractivity contribution in [3.63, 3.8) is 0 Å². The zero-order valence-electron chi connectivity index (χ0n) is 10.3. The number of hydrogen-bond acceptors (Lipinski definition) is 1. The Morgan fingerprint density at radius 2 is 1.87 bits per heavy atom. The van der Waals surface area contributed by atoms with Crippen LogP contribution in [-0.2, 0) is 6.42 Å². The van der Waals surface area contributed by atoms with Gasteiger partial charge in [-0.2, -0.15) is 0 Å². The minimum Gasteiger partial charge on any atom is -0.306 e. The molecule has 1 nitrogen and oxygen atoms in total. The Hall–Kier alpha value is -0.820. The van der Waals surface area contributed by atoms with E-state index in [0.717, 1.165) is 0 Å². The number of benzene rings is 1. The lowest BCUT2D eigenvalue weighted by atomic mass is 10.0. The predicted molar refractivity (Wildman–Crippen MR) is 67.3 cm³/mol. The van der Waals surface area contributed by atoms with E-state index < -0.39 is 0 Å². The van der Waals surface area contributed by atoms with Gasteiger partial charge in [0.05, 0.1) is 0 Å². The van der Waals surface area contributed by atoms with E-state index in [-0.39, 0.29) is 0 Å². The van der Waals surface area contributed by atoms with Gasteiger partial charge in [0.1, 0.15) is 0 Å². The predicted octanol–water partition coefficient (Wildman–Crippen LogP) is 3.27.